The van der Waals surface area contributed by atoms with Gasteiger partial charge in [-0.1, -0.05) is 0 Å². The van der Waals surface area contributed by atoms with Gasteiger partial charge in [0.25, 0.3) is 0 Å². The van der Waals surface area contributed by atoms with Gasteiger partial charge in [-0.15, -0.1) is 10.2 Å². The van der Waals surface area contributed by atoms with Crippen LogP contribution < -0.4 is 0 Å². The van der Waals surface area contributed by atoms with Crippen LogP contribution in [0.15, 0.2) is 12.3 Å². The third-order valence-electron chi connectivity index (χ3n) is 2.75. The fourth-order valence-corrected chi connectivity index (χ4v) is 1.82. The fourth-order valence-electron chi connectivity index (χ4n) is 1.82. The van der Waals surface area contributed by atoms with E-state index in [2.05, 4.69) is 15.3 Å². The first-order valence-electron chi connectivity index (χ1n) is 6.17. The van der Waals surface area contributed by atoms with Crippen molar-refractivity contribution < 1.29 is 9.53 Å². The number of carbonyl (C=O) groups is 1. The van der Waals surface area contributed by atoms with Crippen LogP contribution in [0.25, 0.3) is 0 Å². The van der Waals surface area contributed by atoms with Crippen LogP contribution in [0.4, 0.5) is 0 Å². The van der Waals surface area contributed by atoms with Crippen molar-refractivity contribution in [2.75, 3.05) is 6.61 Å². The molecular formula is C12H17N5O2. The van der Waals surface area contributed by atoms with Gasteiger partial charge in [-0.05, 0) is 19.9 Å². The second kappa shape index (κ2) is 5.64. The summed E-state index contributed by atoms with van der Waals surface area (Å²) in [6.45, 7) is 4.50. The number of aromatic nitrogens is 5. The van der Waals surface area contributed by atoms with Gasteiger partial charge in [0.05, 0.1) is 12.3 Å². The lowest BCUT2D eigenvalue weighted by molar-refractivity contribution is 0.0505. The maximum Gasteiger partial charge on any atom is 0.376 e. The van der Waals surface area contributed by atoms with Crippen molar-refractivity contribution in [2.24, 2.45) is 7.05 Å². The van der Waals surface area contributed by atoms with Crippen molar-refractivity contribution in [3.05, 3.63) is 29.6 Å². The third-order valence-corrected chi connectivity index (χ3v) is 2.75. The van der Waals surface area contributed by atoms with Gasteiger partial charge in [0.15, 0.2) is 0 Å². The number of hydrogen-bond donors (Lipinski definition) is 0. The molecule has 0 N–H and O–H groups in total. The lowest BCUT2D eigenvalue weighted by Gasteiger charge is -2.06. The molecule has 0 radical (unpaired) electrons. The number of rotatable bonds is 5. The van der Waals surface area contributed by atoms with Crippen LogP contribution in [0.1, 0.15) is 29.1 Å². The number of ether oxygens (including phenoxy) is 1. The predicted molar refractivity (Wildman–Crippen MR) is 67.6 cm³/mol. The zero-order chi connectivity index (χ0) is 13.8. The number of carbonyl (C=O) groups excluding carboxylic acids is 1. The van der Waals surface area contributed by atoms with Gasteiger partial charge in [0.2, 0.25) is 5.82 Å². The number of nitrogens with zero attached hydrogens (tertiary/aromatic N) is 5. The Morgan fingerprint density at radius 3 is 2.84 bits per heavy atom. The average Bonchev–Trinajstić information content (AvgIpc) is 2.94. The van der Waals surface area contributed by atoms with Gasteiger partial charge in [0.1, 0.15) is 5.82 Å². The van der Waals surface area contributed by atoms with E-state index in [4.69, 9.17) is 4.74 Å². The maximum atomic E-state index is 11.7. The molecule has 2 heterocycles. The Hall–Kier alpha value is -2.18. The summed E-state index contributed by atoms with van der Waals surface area (Å²) >= 11 is 0. The number of aryl methyl sites for hydroxylation is 3. The summed E-state index contributed by atoms with van der Waals surface area (Å²) in [6.07, 6.45) is 2.60. The highest BCUT2D eigenvalue weighted by Crippen LogP contribution is 2.06. The molecule has 2 aromatic rings. The van der Waals surface area contributed by atoms with Crippen LogP contribution in [0.5, 0.6) is 0 Å². The highest BCUT2D eigenvalue weighted by molar-refractivity contribution is 5.85. The Bertz CT molecular complexity index is 572. The van der Waals surface area contributed by atoms with E-state index in [0.29, 0.717) is 25.4 Å². The standard InChI is InChI=1S/C12H17N5O2/c1-4-19-12(18)11-14-13-9(2)17(11)8-6-10-5-7-16(3)15-10/h5,7H,4,6,8H2,1-3H3. The van der Waals surface area contributed by atoms with Gasteiger partial charge in [-0.25, -0.2) is 4.79 Å². The lowest BCUT2D eigenvalue weighted by Crippen LogP contribution is -2.15. The molecule has 0 saturated carbocycles. The van der Waals surface area contributed by atoms with E-state index >= 15 is 0 Å². The largest absolute Gasteiger partial charge is 0.460 e. The van der Waals surface area contributed by atoms with E-state index in [9.17, 15) is 4.79 Å². The van der Waals surface area contributed by atoms with Crippen LogP contribution in [-0.2, 0) is 24.8 Å². The first-order valence-corrected chi connectivity index (χ1v) is 6.17. The molecule has 102 valence electrons. The Morgan fingerprint density at radius 2 is 2.21 bits per heavy atom. The quantitative estimate of drug-likeness (QED) is 0.744. The van der Waals surface area contributed by atoms with Gasteiger partial charge in [-0.2, -0.15) is 5.10 Å². The molecule has 2 aromatic heterocycles. The highest BCUT2D eigenvalue weighted by atomic mass is 16.5. The molecule has 0 unspecified atom stereocenters. The molecule has 0 fully saturated rings. The van der Waals surface area contributed by atoms with Gasteiger partial charge in [0, 0.05) is 26.2 Å². The molecule has 0 aliphatic heterocycles. The second-order valence-electron chi connectivity index (χ2n) is 4.17. The van der Waals surface area contributed by atoms with Crippen molar-refractivity contribution in [3.8, 4) is 0 Å². The summed E-state index contributed by atoms with van der Waals surface area (Å²) < 4.78 is 8.46. The van der Waals surface area contributed by atoms with Crippen molar-refractivity contribution in [2.45, 2.75) is 26.8 Å². The summed E-state index contributed by atoms with van der Waals surface area (Å²) in [6, 6.07) is 1.95. The summed E-state index contributed by atoms with van der Waals surface area (Å²) in [5.41, 5.74) is 0.963. The Morgan fingerprint density at radius 1 is 1.42 bits per heavy atom. The average molecular weight is 263 g/mol. The summed E-state index contributed by atoms with van der Waals surface area (Å²) in [5.74, 6) is 0.499. The molecule has 0 aromatic carbocycles. The van der Waals surface area contributed by atoms with Gasteiger partial charge < -0.3 is 9.30 Å². The molecule has 0 spiro atoms. The predicted octanol–water partition coefficient (Wildman–Crippen LogP) is 0.739. The molecule has 0 atom stereocenters. The fraction of sp³-hybridized carbons (Fsp3) is 0.500. The molecule has 19 heavy (non-hydrogen) atoms. The van der Waals surface area contributed by atoms with Crippen molar-refractivity contribution in [1.82, 2.24) is 24.5 Å². The third kappa shape index (κ3) is 2.98. The lowest BCUT2D eigenvalue weighted by atomic mass is 10.3. The topological polar surface area (TPSA) is 74.8 Å². The first-order chi connectivity index (χ1) is 9.11. The van der Waals surface area contributed by atoms with Crippen LogP contribution in [0.3, 0.4) is 0 Å². The monoisotopic (exact) mass is 263 g/mol. The van der Waals surface area contributed by atoms with E-state index in [0.717, 1.165) is 5.69 Å². The summed E-state index contributed by atoms with van der Waals surface area (Å²) in [5, 5.41) is 12.1. The molecule has 7 nitrogen and oxygen atoms in total. The zero-order valence-corrected chi connectivity index (χ0v) is 11.3. The molecule has 0 amide bonds. The van der Waals surface area contributed by atoms with Crippen LogP contribution >= 0.6 is 0 Å². The Labute approximate surface area is 111 Å². The SMILES string of the molecule is CCOC(=O)c1nnc(C)n1CCc1ccn(C)n1. The molecule has 0 aliphatic rings. The number of esters is 1. The van der Waals surface area contributed by atoms with Crippen LogP contribution in [0, 0.1) is 6.92 Å². The van der Waals surface area contributed by atoms with E-state index in [1.54, 1.807) is 16.2 Å². The number of hydrogen-bond acceptors (Lipinski definition) is 5. The molecular weight excluding hydrogens is 246 g/mol. The summed E-state index contributed by atoms with van der Waals surface area (Å²) in [4.78, 5) is 11.7. The summed E-state index contributed by atoms with van der Waals surface area (Å²) in [7, 11) is 1.87. The van der Waals surface area contributed by atoms with Crippen LogP contribution in [-0.4, -0.2) is 37.1 Å². The smallest absolute Gasteiger partial charge is 0.376 e. The van der Waals surface area contributed by atoms with E-state index < -0.39 is 5.97 Å². The normalized spacial score (nSPS) is 10.7. The highest BCUT2D eigenvalue weighted by Gasteiger charge is 2.17. The Balaban J connectivity index is 2.11. The first kappa shape index (κ1) is 13.3. The minimum absolute atomic E-state index is 0.246. The maximum absolute atomic E-state index is 11.7. The zero-order valence-electron chi connectivity index (χ0n) is 11.3. The van der Waals surface area contributed by atoms with Crippen molar-refractivity contribution in [1.29, 1.82) is 0 Å². The Kier molecular flexibility index (Phi) is 3.94. The van der Waals surface area contributed by atoms with E-state index in [1.165, 1.54) is 0 Å². The van der Waals surface area contributed by atoms with E-state index in [-0.39, 0.29) is 5.82 Å². The molecule has 2 rings (SSSR count). The van der Waals surface area contributed by atoms with Gasteiger partial charge in [-0.3, -0.25) is 4.68 Å². The van der Waals surface area contributed by atoms with Crippen LogP contribution in [0.2, 0.25) is 0 Å². The second-order valence-corrected chi connectivity index (χ2v) is 4.17. The van der Waals surface area contributed by atoms with Crippen molar-refractivity contribution in [3.63, 3.8) is 0 Å². The minimum Gasteiger partial charge on any atom is -0.460 e. The minimum atomic E-state index is -0.441. The molecule has 7 heteroatoms. The van der Waals surface area contributed by atoms with Gasteiger partial charge >= 0.3 is 5.97 Å². The van der Waals surface area contributed by atoms with Crippen molar-refractivity contribution >= 4 is 5.97 Å². The molecule has 0 aliphatic carbocycles. The molecule has 0 bridgehead atoms. The van der Waals surface area contributed by atoms with E-state index in [1.807, 2.05) is 26.2 Å². The molecule has 0 saturated heterocycles.